The Kier molecular flexibility index (Phi) is 2.57. The normalized spacial score (nSPS) is 10.8. The van der Waals surface area contributed by atoms with Crippen LogP contribution in [0.25, 0.3) is 0 Å². The molecule has 0 aliphatic heterocycles. The van der Waals surface area contributed by atoms with Gasteiger partial charge in [-0.2, -0.15) is 18.4 Å². The van der Waals surface area contributed by atoms with Crippen molar-refractivity contribution in [3.05, 3.63) is 33.5 Å². The molecule has 1 aromatic heterocycles. The maximum atomic E-state index is 12.4. The Balaban J connectivity index is 3.57. The van der Waals surface area contributed by atoms with Gasteiger partial charge in [0.15, 0.2) is 5.56 Å². The molecular weight excluding hydrogens is 215 g/mol. The summed E-state index contributed by atoms with van der Waals surface area (Å²) < 4.78 is 37.1. The van der Waals surface area contributed by atoms with E-state index in [-0.39, 0.29) is 0 Å². The molecule has 78 valence electrons. The molecular formula is C7H2F3N3O2. The molecule has 0 fully saturated rings. The van der Waals surface area contributed by atoms with Gasteiger partial charge < -0.3 is 10.1 Å². The molecule has 0 N–H and O–H groups in total. The minimum absolute atomic E-state index is 0.774. The minimum Gasteiger partial charge on any atom is -0.358 e. The van der Waals surface area contributed by atoms with Crippen molar-refractivity contribution in [2.24, 2.45) is 0 Å². The SMILES string of the molecule is N#Cc1ccnc([N+](=O)[O-])c1C(F)(F)F. The Morgan fingerprint density at radius 1 is 1.53 bits per heavy atom. The second-order valence-corrected chi connectivity index (χ2v) is 2.42. The zero-order valence-electron chi connectivity index (χ0n) is 6.95. The highest BCUT2D eigenvalue weighted by atomic mass is 19.4. The van der Waals surface area contributed by atoms with E-state index in [9.17, 15) is 23.3 Å². The summed E-state index contributed by atoms with van der Waals surface area (Å²) in [7, 11) is 0. The van der Waals surface area contributed by atoms with Gasteiger partial charge in [0, 0.05) is 6.07 Å². The van der Waals surface area contributed by atoms with Gasteiger partial charge in [-0.1, -0.05) is 0 Å². The summed E-state index contributed by atoms with van der Waals surface area (Å²) in [5.74, 6) is -1.36. The number of halogens is 3. The van der Waals surface area contributed by atoms with Crippen molar-refractivity contribution in [3.63, 3.8) is 0 Å². The molecule has 0 saturated heterocycles. The Hall–Kier alpha value is -2.17. The van der Waals surface area contributed by atoms with E-state index in [0.29, 0.717) is 0 Å². The number of nitro groups is 1. The average Bonchev–Trinajstić information content (AvgIpc) is 2.15. The van der Waals surface area contributed by atoms with Crippen molar-refractivity contribution in [1.82, 2.24) is 4.98 Å². The molecule has 0 saturated carbocycles. The van der Waals surface area contributed by atoms with Crippen LogP contribution >= 0.6 is 0 Å². The van der Waals surface area contributed by atoms with Gasteiger partial charge >= 0.3 is 12.0 Å². The quantitative estimate of drug-likeness (QED) is 0.531. The van der Waals surface area contributed by atoms with Crippen LogP contribution in [0.1, 0.15) is 11.1 Å². The number of pyridine rings is 1. The average molecular weight is 217 g/mol. The fourth-order valence-electron chi connectivity index (χ4n) is 0.962. The molecule has 5 nitrogen and oxygen atoms in total. The summed E-state index contributed by atoms with van der Waals surface area (Å²) in [5.41, 5.74) is -2.43. The van der Waals surface area contributed by atoms with E-state index in [0.717, 1.165) is 12.3 Å². The molecule has 0 bridgehead atoms. The van der Waals surface area contributed by atoms with Crippen LogP contribution in [0.3, 0.4) is 0 Å². The van der Waals surface area contributed by atoms with E-state index in [1.807, 2.05) is 0 Å². The van der Waals surface area contributed by atoms with Gasteiger partial charge in [-0.15, -0.1) is 0 Å². The van der Waals surface area contributed by atoms with Crippen LogP contribution < -0.4 is 0 Å². The molecule has 0 amide bonds. The Labute approximate surface area is 80.9 Å². The van der Waals surface area contributed by atoms with E-state index >= 15 is 0 Å². The van der Waals surface area contributed by atoms with Crippen molar-refractivity contribution in [1.29, 1.82) is 5.26 Å². The van der Waals surface area contributed by atoms with Gasteiger partial charge in [0.1, 0.15) is 12.3 Å². The highest BCUT2D eigenvalue weighted by Crippen LogP contribution is 2.36. The summed E-state index contributed by atoms with van der Waals surface area (Å²) in [6.45, 7) is 0. The molecule has 0 unspecified atom stereocenters. The van der Waals surface area contributed by atoms with E-state index < -0.39 is 28.0 Å². The number of aromatic nitrogens is 1. The lowest BCUT2D eigenvalue weighted by Crippen LogP contribution is -2.12. The first-order chi connectivity index (χ1) is 6.88. The lowest BCUT2D eigenvalue weighted by atomic mass is 10.1. The fourth-order valence-corrected chi connectivity index (χ4v) is 0.962. The van der Waals surface area contributed by atoms with Crippen LogP contribution in [0.15, 0.2) is 12.3 Å². The van der Waals surface area contributed by atoms with Crippen molar-refractivity contribution < 1.29 is 18.1 Å². The van der Waals surface area contributed by atoms with Crippen molar-refractivity contribution >= 4 is 5.82 Å². The predicted molar refractivity (Wildman–Crippen MR) is 40.6 cm³/mol. The predicted octanol–water partition coefficient (Wildman–Crippen LogP) is 1.88. The Morgan fingerprint density at radius 2 is 2.13 bits per heavy atom. The van der Waals surface area contributed by atoms with E-state index in [4.69, 9.17) is 5.26 Å². The molecule has 0 aliphatic carbocycles. The zero-order chi connectivity index (χ0) is 11.6. The second kappa shape index (κ2) is 3.53. The molecule has 1 aromatic rings. The first-order valence-electron chi connectivity index (χ1n) is 3.48. The van der Waals surface area contributed by atoms with Crippen molar-refractivity contribution in [3.8, 4) is 6.07 Å². The van der Waals surface area contributed by atoms with Crippen LogP contribution in [0.5, 0.6) is 0 Å². The van der Waals surface area contributed by atoms with Crippen molar-refractivity contribution in [2.75, 3.05) is 0 Å². The number of hydrogen-bond acceptors (Lipinski definition) is 4. The lowest BCUT2D eigenvalue weighted by Gasteiger charge is -2.07. The molecule has 1 rings (SSSR count). The van der Waals surface area contributed by atoms with Gasteiger partial charge in [0.2, 0.25) is 0 Å². The van der Waals surface area contributed by atoms with E-state index in [2.05, 4.69) is 4.98 Å². The maximum absolute atomic E-state index is 12.4. The van der Waals surface area contributed by atoms with Gasteiger partial charge in [-0.05, 0) is 9.91 Å². The highest BCUT2D eigenvalue weighted by molar-refractivity contribution is 5.47. The zero-order valence-corrected chi connectivity index (χ0v) is 6.95. The first-order valence-corrected chi connectivity index (χ1v) is 3.48. The van der Waals surface area contributed by atoms with Gasteiger partial charge in [0.25, 0.3) is 0 Å². The smallest absolute Gasteiger partial charge is 0.358 e. The van der Waals surface area contributed by atoms with Crippen LogP contribution in [-0.2, 0) is 6.18 Å². The van der Waals surface area contributed by atoms with Crippen LogP contribution in [-0.4, -0.2) is 9.91 Å². The van der Waals surface area contributed by atoms with Gasteiger partial charge in [0.05, 0.1) is 5.56 Å². The highest BCUT2D eigenvalue weighted by Gasteiger charge is 2.42. The molecule has 0 spiro atoms. The van der Waals surface area contributed by atoms with E-state index in [1.54, 1.807) is 0 Å². The number of rotatable bonds is 1. The molecule has 0 aromatic carbocycles. The molecule has 0 radical (unpaired) electrons. The standard InChI is InChI=1S/C7H2F3N3O2/c8-7(9,10)5-4(3-11)1-2-12-6(5)13(14)15/h1-2H. The van der Waals surface area contributed by atoms with Gasteiger partial charge in [-0.25, -0.2) is 0 Å². The van der Waals surface area contributed by atoms with Gasteiger partial charge in [-0.3, -0.25) is 0 Å². The third-order valence-corrected chi connectivity index (χ3v) is 1.51. The second-order valence-electron chi connectivity index (χ2n) is 2.42. The number of hydrogen-bond donors (Lipinski definition) is 0. The number of nitrogens with zero attached hydrogens (tertiary/aromatic N) is 3. The molecule has 0 atom stereocenters. The topological polar surface area (TPSA) is 79.8 Å². The van der Waals surface area contributed by atoms with Crippen molar-refractivity contribution in [2.45, 2.75) is 6.18 Å². The lowest BCUT2D eigenvalue weighted by molar-refractivity contribution is -0.392. The van der Waals surface area contributed by atoms with E-state index in [1.165, 1.54) is 6.07 Å². The largest absolute Gasteiger partial charge is 0.425 e. The van der Waals surface area contributed by atoms with Crippen LogP contribution in [0.2, 0.25) is 0 Å². The summed E-state index contributed by atoms with van der Waals surface area (Å²) in [6.07, 6.45) is -4.19. The third kappa shape index (κ3) is 2.01. The fraction of sp³-hybridized carbons (Fsp3) is 0.143. The Morgan fingerprint density at radius 3 is 2.53 bits per heavy atom. The number of nitriles is 1. The summed E-state index contributed by atoms with van der Waals surface area (Å²) in [4.78, 5) is 12.0. The van der Waals surface area contributed by atoms with Crippen LogP contribution in [0, 0.1) is 21.4 Å². The Bertz CT molecular complexity index is 450. The summed E-state index contributed by atoms with van der Waals surface area (Å²) >= 11 is 0. The molecule has 1 heterocycles. The number of alkyl halides is 3. The third-order valence-electron chi connectivity index (χ3n) is 1.51. The molecule has 8 heteroatoms. The first kappa shape index (κ1) is 10.9. The summed E-state index contributed by atoms with van der Waals surface area (Å²) in [6, 6.07) is 2.01. The monoisotopic (exact) mass is 217 g/mol. The van der Waals surface area contributed by atoms with Crippen LogP contribution in [0.4, 0.5) is 19.0 Å². The minimum atomic E-state index is -4.97. The molecule has 0 aliphatic rings. The maximum Gasteiger partial charge on any atom is 0.425 e. The molecule has 15 heavy (non-hydrogen) atoms. The summed E-state index contributed by atoms with van der Waals surface area (Å²) in [5, 5.41) is 18.7.